The Labute approximate surface area is 194 Å². The molecule has 4 aromatic carbocycles. The highest BCUT2D eigenvalue weighted by molar-refractivity contribution is 5.72. The molecule has 0 aliphatic rings. The van der Waals surface area contributed by atoms with Crippen LogP contribution in [0.4, 0.5) is 35.1 Å². The molecule has 0 saturated heterocycles. The summed E-state index contributed by atoms with van der Waals surface area (Å²) in [6.07, 6.45) is -4.09. The van der Waals surface area contributed by atoms with E-state index in [1.807, 2.05) is 0 Å². The lowest BCUT2D eigenvalue weighted by molar-refractivity contribution is -0.185. The van der Waals surface area contributed by atoms with Crippen molar-refractivity contribution in [1.82, 2.24) is 0 Å². The lowest BCUT2D eigenvalue weighted by Crippen LogP contribution is -2.22. The van der Waals surface area contributed by atoms with Gasteiger partial charge in [0.05, 0.1) is 5.56 Å². The molecule has 0 radical (unpaired) electrons. The van der Waals surface area contributed by atoms with E-state index in [4.69, 9.17) is 0 Å². The van der Waals surface area contributed by atoms with Gasteiger partial charge in [-0.1, -0.05) is 36.4 Å². The van der Waals surface area contributed by atoms with Crippen molar-refractivity contribution in [1.29, 1.82) is 0 Å². The van der Waals surface area contributed by atoms with Gasteiger partial charge in [-0.3, -0.25) is 0 Å². The molecule has 0 fully saturated rings. The third-order valence-electron chi connectivity index (χ3n) is 5.23. The van der Waals surface area contributed by atoms with E-state index < -0.39 is 52.3 Å². The second-order valence-electron chi connectivity index (χ2n) is 7.67. The van der Waals surface area contributed by atoms with Gasteiger partial charge in [0.1, 0.15) is 11.6 Å². The Bertz CT molecular complexity index is 1390. The number of aryl methyl sites for hydroxylation is 1. The molecule has 0 unspecified atom stereocenters. The molecule has 9 heteroatoms. The smallest absolute Gasteiger partial charge is 0.426 e. The van der Waals surface area contributed by atoms with E-state index in [1.165, 1.54) is 24.3 Å². The van der Waals surface area contributed by atoms with Crippen molar-refractivity contribution in [2.24, 2.45) is 0 Å². The molecule has 1 nitrogen and oxygen atoms in total. The summed E-state index contributed by atoms with van der Waals surface area (Å²) in [5, 5.41) is 0. The number of rotatable bonds is 5. The Kier molecular flexibility index (Phi) is 6.27. The van der Waals surface area contributed by atoms with Crippen LogP contribution in [0.5, 0.6) is 5.75 Å². The van der Waals surface area contributed by atoms with E-state index in [0.717, 1.165) is 24.3 Å². The monoisotopic (exact) mass is 494 g/mol. The van der Waals surface area contributed by atoms with E-state index in [9.17, 15) is 35.1 Å². The van der Waals surface area contributed by atoms with E-state index in [2.05, 4.69) is 4.74 Å². The van der Waals surface area contributed by atoms with Crippen LogP contribution in [0.2, 0.25) is 0 Å². The quantitative estimate of drug-likeness (QED) is 0.200. The fraction of sp³-hybridized carbons (Fsp3) is 0.0769. The zero-order valence-corrected chi connectivity index (χ0v) is 17.8. The van der Waals surface area contributed by atoms with E-state index in [-0.39, 0.29) is 34.4 Å². The van der Waals surface area contributed by atoms with Gasteiger partial charge in [0, 0.05) is 28.8 Å². The fourth-order valence-corrected chi connectivity index (χ4v) is 3.46. The predicted molar refractivity (Wildman–Crippen MR) is 113 cm³/mol. The number of alkyl halides is 2. The third-order valence-corrected chi connectivity index (χ3v) is 5.23. The molecule has 0 aromatic heterocycles. The minimum absolute atomic E-state index is 0.0238. The predicted octanol–water partition coefficient (Wildman–Crippen LogP) is 8.29. The summed E-state index contributed by atoms with van der Waals surface area (Å²) in [7, 11) is 0. The van der Waals surface area contributed by atoms with Crippen molar-refractivity contribution in [3.05, 3.63) is 113 Å². The number of benzene rings is 4. The van der Waals surface area contributed by atoms with Crippen molar-refractivity contribution in [2.45, 2.75) is 13.0 Å². The largest absolute Gasteiger partial charge is 0.429 e. The maximum absolute atomic E-state index is 14.8. The molecule has 4 rings (SSSR count). The van der Waals surface area contributed by atoms with Gasteiger partial charge in [-0.05, 0) is 36.2 Å². The Morgan fingerprint density at radius 2 is 1.11 bits per heavy atom. The zero-order chi connectivity index (χ0) is 25.5. The summed E-state index contributed by atoms with van der Waals surface area (Å²) >= 11 is 0. The molecule has 0 spiro atoms. The molecule has 0 amide bonds. The summed E-state index contributed by atoms with van der Waals surface area (Å²) in [5.41, 5.74) is -0.865. The Balaban J connectivity index is 1.62. The van der Waals surface area contributed by atoms with E-state index >= 15 is 0 Å². The van der Waals surface area contributed by atoms with Gasteiger partial charge in [-0.15, -0.1) is 0 Å². The Morgan fingerprint density at radius 1 is 0.571 bits per heavy atom. The second-order valence-corrected chi connectivity index (χ2v) is 7.67. The van der Waals surface area contributed by atoms with Crippen LogP contribution in [0, 0.1) is 41.8 Å². The zero-order valence-electron chi connectivity index (χ0n) is 17.8. The van der Waals surface area contributed by atoms with Crippen LogP contribution in [0.25, 0.3) is 22.3 Å². The minimum Gasteiger partial charge on any atom is -0.429 e. The molecule has 0 saturated carbocycles. The third kappa shape index (κ3) is 4.71. The highest BCUT2D eigenvalue weighted by atomic mass is 19.3. The minimum atomic E-state index is -4.09. The molecule has 0 aliphatic carbocycles. The highest BCUT2D eigenvalue weighted by Crippen LogP contribution is 2.36. The van der Waals surface area contributed by atoms with Crippen LogP contribution in [0.1, 0.15) is 11.1 Å². The first-order chi connectivity index (χ1) is 16.5. The van der Waals surface area contributed by atoms with Gasteiger partial charge in [0.25, 0.3) is 0 Å². The van der Waals surface area contributed by atoms with Crippen LogP contribution in [0.15, 0.2) is 66.7 Å². The Hall–Kier alpha value is -3.88. The normalized spacial score (nSPS) is 11.6. The first kappa shape index (κ1) is 24.3. The molecule has 0 N–H and O–H groups in total. The van der Waals surface area contributed by atoms with E-state index in [0.29, 0.717) is 5.56 Å². The van der Waals surface area contributed by atoms with Crippen LogP contribution < -0.4 is 4.74 Å². The van der Waals surface area contributed by atoms with Crippen molar-refractivity contribution in [3.63, 3.8) is 0 Å². The van der Waals surface area contributed by atoms with Gasteiger partial charge >= 0.3 is 6.11 Å². The van der Waals surface area contributed by atoms with Gasteiger partial charge in [0.15, 0.2) is 29.1 Å². The molecule has 0 heterocycles. The molecule has 35 heavy (non-hydrogen) atoms. The topological polar surface area (TPSA) is 9.23 Å². The second kappa shape index (κ2) is 9.05. The fourth-order valence-electron chi connectivity index (χ4n) is 3.46. The van der Waals surface area contributed by atoms with Crippen molar-refractivity contribution in [3.8, 4) is 28.0 Å². The van der Waals surface area contributed by atoms with Crippen molar-refractivity contribution >= 4 is 0 Å². The highest BCUT2D eigenvalue weighted by Gasteiger charge is 2.35. The Morgan fingerprint density at radius 3 is 1.71 bits per heavy atom. The molecule has 0 bridgehead atoms. The number of hydrogen-bond acceptors (Lipinski definition) is 1. The molecule has 180 valence electrons. The summed E-state index contributed by atoms with van der Waals surface area (Å²) in [6.45, 7) is 1.64. The maximum Gasteiger partial charge on any atom is 0.426 e. The molecular weight excluding hydrogens is 480 g/mol. The number of hydrogen-bond donors (Lipinski definition) is 0. The average Bonchev–Trinajstić information content (AvgIpc) is 2.79. The summed E-state index contributed by atoms with van der Waals surface area (Å²) < 4.78 is 117. The first-order valence-corrected chi connectivity index (χ1v) is 10.0. The first-order valence-electron chi connectivity index (χ1n) is 10.0. The number of halogens is 8. The number of ether oxygens (including phenoxy) is 1. The molecular formula is C26H14F8O. The summed E-state index contributed by atoms with van der Waals surface area (Å²) in [4.78, 5) is 0. The van der Waals surface area contributed by atoms with Gasteiger partial charge in [-0.2, -0.15) is 8.78 Å². The van der Waals surface area contributed by atoms with Crippen LogP contribution in [-0.4, -0.2) is 0 Å². The summed E-state index contributed by atoms with van der Waals surface area (Å²) in [5.74, 6) is -9.57. The molecule has 0 atom stereocenters. The van der Waals surface area contributed by atoms with Gasteiger partial charge in [0.2, 0.25) is 0 Å². The van der Waals surface area contributed by atoms with Crippen LogP contribution in [-0.2, 0) is 6.11 Å². The summed E-state index contributed by atoms with van der Waals surface area (Å²) in [6, 6.07) is 10.7. The molecule has 0 aliphatic heterocycles. The lowest BCUT2D eigenvalue weighted by atomic mass is 9.97. The standard InChI is InChI=1S/C26H14F8O/c1-13-2-7-18(20(27)10-13)19-9-8-17(23(30)24(19)31)14-3-5-15(6-4-14)26(33,34)35-16-11-21(28)25(32)22(29)12-16/h2-12H,1H3. The van der Waals surface area contributed by atoms with Crippen LogP contribution >= 0.6 is 0 Å². The maximum atomic E-state index is 14.8. The van der Waals surface area contributed by atoms with E-state index in [1.54, 1.807) is 13.0 Å². The van der Waals surface area contributed by atoms with Gasteiger partial charge in [-0.25, -0.2) is 26.3 Å². The van der Waals surface area contributed by atoms with Gasteiger partial charge < -0.3 is 4.74 Å². The van der Waals surface area contributed by atoms with Crippen molar-refractivity contribution in [2.75, 3.05) is 0 Å². The lowest BCUT2D eigenvalue weighted by Gasteiger charge is -2.19. The van der Waals surface area contributed by atoms with Crippen LogP contribution in [0.3, 0.4) is 0 Å². The SMILES string of the molecule is Cc1ccc(-c2ccc(-c3ccc(C(F)(F)Oc4cc(F)c(F)c(F)c4)cc3)c(F)c2F)c(F)c1. The average molecular weight is 494 g/mol. The van der Waals surface area contributed by atoms with Crippen molar-refractivity contribution < 1.29 is 39.9 Å². The molecule has 4 aromatic rings.